The van der Waals surface area contributed by atoms with Crippen molar-refractivity contribution >= 4 is 38.5 Å². The Balaban J connectivity index is 2.44. The van der Waals surface area contributed by atoms with E-state index in [1.807, 2.05) is 4.68 Å². The van der Waals surface area contributed by atoms with E-state index in [4.69, 9.17) is 5.84 Å². The third kappa shape index (κ3) is 2.76. The first-order chi connectivity index (χ1) is 8.67. The van der Waals surface area contributed by atoms with E-state index in [2.05, 4.69) is 80.2 Å². The third-order valence-corrected chi connectivity index (χ3v) is 4.11. The van der Waals surface area contributed by atoms with Gasteiger partial charge in [-0.25, -0.2) is 5.43 Å². The smallest absolute Gasteiger partial charge is 0.0889 e. The summed E-state index contributed by atoms with van der Waals surface area (Å²) in [6.45, 7) is 2.87. The van der Waals surface area contributed by atoms with Gasteiger partial charge >= 0.3 is 0 Å². The van der Waals surface area contributed by atoms with Gasteiger partial charge in [-0.3, -0.25) is 10.5 Å². The van der Waals surface area contributed by atoms with Crippen LogP contribution in [0.4, 0.5) is 0 Å². The second-order valence-corrected chi connectivity index (χ2v) is 5.94. The number of nitrogens with one attached hydrogen (secondary N) is 1. The van der Waals surface area contributed by atoms with Crippen LogP contribution in [0, 0.1) is 3.57 Å². The molecule has 0 fully saturated rings. The molecule has 4 nitrogen and oxygen atoms in total. The fraction of sp³-hybridized carbons (Fsp3) is 0.250. The van der Waals surface area contributed by atoms with Crippen LogP contribution in [0.25, 0.3) is 0 Å². The minimum absolute atomic E-state index is 0.0705. The monoisotopic (exact) mass is 420 g/mol. The van der Waals surface area contributed by atoms with Gasteiger partial charge in [0.05, 0.1) is 22.4 Å². The van der Waals surface area contributed by atoms with Crippen molar-refractivity contribution in [3.63, 3.8) is 0 Å². The maximum absolute atomic E-state index is 5.71. The summed E-state index contributed by atoms with van der Waals surface area (Å²) < 4.78 is 4.10. The van der Waals surface area contributed by atoms with Crippen molar-refractivity contribution in [1.29, 1.82) is 0 Å². The summed E-state index contributed by atoms with van der Waals surface area (Å²) in [5.74, 6) is 5.71. The molecule has 0 aliphatic carbocycles. The van der Waals surface area contributed by atoms with Gasteiger partial charge in [0.25, 0.3) is 0 Å². The van der Waals surface area contributed by atoms with Gasteiger partial charge in [0.1, 0.15) is 0 Å². The van der Waals surface area contributed by atoms with Gasteiger partial charge in [0, 0.05) is 10.1 Å². The number of hydrogen-bond acceptors (Lipinski definition) is 3. The molecule has 1 aromatic carbocycles. The topological polar surface area (TPSA) is 55.9 Å². The lowest BCUT2D eigenvalue weighted by molar-refractivity contribution is 0.542. The molecule has 1 unspecified atom stereocenters. The normalized spacial score (nSPS) is 12.7. The number of aromatic nitrogens is 2. The fourth-order valence-corrected chi connectivity index (χ4v) is 2.78. The molecule has 1 aromatic heterocycles. The number of nitrogens with zero attached hydrogens (tertiary/aromatic N) is 2. The number of hydrazine groups is 1. The lowest BCUT2D eigenvalue weighted by Gasteiger charge is -2.18. The van der Waals surface area contributed by atoms with E-state index in [1.54, 1.807) is 6.20 Å². The van der Waals surface area contributed by atoms with Crippen LogP contribution in [0.5, 0.6) is 0 Å². The van der Waals surface area contributed by atoms with Gasteiger partial charge in [-0.05, 0) is 63.1 Å². The van der Waals surface area contributed by atoms with E-state index < -0.39 is 0 Å². The van der Waals surface area contributed by atoms with Crippen molar-refractivity contribution in [3.8, 4) is 0 Å². The lowest BCUT2D eigenvalue weighted by atomic mass is 10.0. The zero-order chi connectivity index (χ0) is 13.1. The quantitative estimate of drug-likeness (QED) is 0.454. The van der Waals surface area contributed by atoms with Gasteiger partial charge in [-0.2, -0.15) is 5.10 Å². The average Bonchev–Trinajstić information content (AvgIpc) is 2.74. The summed E-state index contributed by atoms with van der Waals surface area (Å²) in [6, 6.07) is 8.22. The number of rotatable bonds is 4. The summed E-state index contributed by atoms with van der Waals surface area (Å²) in [5, 5.41) is 4.32. The molecule has 0 amide bonds. The Hall–Kier alpha value is -0.440. The minimum atomic E-state index is -0.0705. The van der Waals surface area contributed by atoms with E-state index in [1.165, 1.54) is 3.57 Å². The van der Waals surface area contributed by atoms with Gasteiger partial charge in [-0.15, -0.1) is 0 Å². The Morgan fingerprint density at radius 1 is 1.44 bits per heavy atom. The van der Waals surface area contributed by atoms with E-state index in [0.717, 1.165) is 22.3 Å². The third-order valence-electron chi connectivity index (χ3n) is 2.78. The first-order valence-corrected chi connectivity index (χ1v) is 7.47. The van der Waals surface area contributed by atoms with Crippen molar-refractivity contribution in [2.75, 3.05) is 0 Å². The highest BCUT2D eigenvalue weighted by molar-refractivity contribution is 14.1. The second kappa shape index (κ2) is 6.14. The van der Waals surface area contributed by atoms with Crippen molar-refractivity contribution in [1.82, 2.24) is 15.2 Å². The summed E-state index contributed by atoms with van der Waals surface area (Å²) in [7, 11) is 0. The summed E-state index contributed by atoms with van der Waals surface area (Å²) in [4.78, 5) is 0. The zero-order valence-corrected chi connectivity index (χ0v) is 13.6. The van der Waals surface area contributed by atoms with Crippen molar-refractivity contribution < 1.29 is 0 Å². The van der Waals surface area contributed by atoms with Crippen molar-refractivity contribution in [2.45, 2.75) is 19.5 Å². The Bertz CT molecular complexity index is 523. The van der Waals surface area contributed by atoms with Gasteiger partial charge < -0.3 is 0 Å². The highest BCUT2D eigenvalue weighted by atomic mass is 127. The molecule has 18 heavy (non-hydrogen) atoms. The number of aryl methyl sites for hydroxylation is 1. The number of benzene rings is 1. The van der Waals surface area contributed by atoms with E-state index >= 15 is 0 Å². The van der Waals surface area contributed by atoms with E-state index in [-0.39, 0.29) is 6.04 Å². The maximum Gasteiger partial charge on any atom is 0.0889 e. The number of nitrogens with two attached hydrogens (primary N) is 1. The summed E-state index contributed by atoms with van der Waals surface area (Å²) >= 11 is 5.82. The average molecular weight is 421 g/mol. The molecule has 1 atom stereocenters. The highest BCUT2D eigenvalue weighted by Gasteiger charge is 2.20. The summed E-state index contributed by atoms with van der Waals surface area (Å²) in [5.41, 5.74) is 5.02. The molecule has 0 bridgehead atoms. The zero-order valence-electron chi connectivity index (χ0n) is 9.90. The molecule has 0 aliphatic heterocycles. The Kier molecular flexibility index (Phi) is 4.77. The predicted octanol–water partition coefficient (Wildman–Crippen LogP) is 2.82. The maximum atomic E-state index is 5.71. The van der Waals surface area contributed by atoms with Gasteiger partial charge in [0.15, 0.2) is 0 Å². The predicted molar refractivity (Wildman–Crippen MR) is 83.9 cm³/mol. The molecule has 3 N–H and O–H groups in total. The molecule has 0 saturated carbocycles. The van der Waals surface area contributed by atoms with Gasteiger partial charge in [0.2, 0.25) is 0 Å². The molecule has 2 rings (SSSR count). The number of halogens is 2. The number of hydrogen-bond donors (Lipinski definition) is 2. The van der Waals surface area contributed by atoms with Crippen LogP contribution < -0.4 is 11.3 Å². The first kappa shape index (κ1) is 14.0. The minimum Gasteiger partial charge on any atom is -0.271 e. The molecular weight excluding hydrogens is 407 g/mol. The van der Waals surface area contributed by atoms with Crippen LogP contribution in [-0.2, 0) is 6.54 Å². The molecule has 1 heterocycles. The molecule has 0 aliphatic rings. The Morgan fingerprint density at radius 2 is 2.11 bits per heavy atom. The SMILES string of the molecule is CCn1ncc(Br)c1C(NN)c1ccc(I)cc1. The molecule has 0 saturated heterocycles. The summed E-state index contributed by atoms with van der Waals surface area (Å²) in [6.07, 6.45) is 1.80. The molecule has 2 aromatic rings. The first-order valence-electron chi connectivity index (χ1n) is 5.60. The van der Waals surface area contributed by atoms with Crippen LogP contribution in [0.15, 0.2) is 34.9 Å². The Morgan fingerprint density at radius 3 is 2.67 bits per heavy atom. The van der Waals surface area contributed by atoms with Crippen molar-refractivity contribution in [2.24, 2.45) is 5.84 Å². The van der Waals surface area contributed by atoms with Crippen LogP contribution in [-0.4, -0.2) is 9.78 Å². The lowest BCUT2D eigenvalue weighted by Crippen LogP contribution is -2.31. The highest BCUT2D eigenvalue weighted by Crippen LogP contribution is 2.28. The molecule has 0 spiro atoms. The van der Waals surface area contributed by atoms with Crippen LogP contribution in [0.3, 0.4) is 0 Å². The van der Waals surface area contributed by atoms with E-state index in [0.29, 0.717) is 0 Å². The standard InChI is InChI=1S/C12H14BrIN4/c1-2-18-12(10(13)7-16-18)11(17-15)8-3-5-9(14)6-4-8/h3-7,11,17H,2,15H2,1H3. The second-order valence-electron chi connectivity index (χ2n) is 3.84. The molecule has 0 radical (unpaired) electrons. The molecule has 6 heteroatoms. The van der Waals surface area contributed by atoms with Crippen LogP contribution in [0.2, 0.25) is 0 Å². The van der Waals surface area contributed by atoms with E-state index in [9.17, 15) is 0 Å². The van der Waals surface area contributed by atoms with Crippen LogP contribution >= 0.6 is 38.5 Å². The largest absolute Gasteiger partial charge is 0.271 e. The fourth-order valence-electron chi connectivity index (χ4n) is 1.90. The van der Waals surface area contributed by atoms with Crippen LogP contribution in [0.1, 0.15) is 24.2 Å². The van der Waals surface area contributed by atoms with Crippen molar-refractivity contribution in [3.05, 3.63) is 49.8 Å². The molecular formula is C12H14BrIN4. The van der Waals surface area contributed by atoms with Gasteiger partial charge in [-0.1, -0.05) is 12.1 Å². The molecule has 96 valence electrons. The Labute approximate surface area is 128 Å².